The van der Waals surface area contributed by atoms with E-state index in [0.29, 0.717) is 21.8 Å². The van der Waals surface area contributed by atoms with Gasteiger partial charge in [-0.15, -0.1) is 0 Å². The second-order valence-corrected chi connectivity index (χ2v) is 7.75. The van der Waals surface area contributed by atoms with E-state index >= 15 is 0 Å². The first-order valence-electron chi connectivity index (χ1n) is 3.79. The Kier molecular flexibility index (Phi) is 21.0. The molecule has 0 bridgehead atoms. The van der Waals surface area contributed by atoms with Gasteiger partial charge < -0.3 is 38.7 Å². The van der Waals surface area contributed by atoms with Crippen molar-refractivity contribution in [1.29, 1.82) is 0 Å². The van der Waals surface area contributed by atoms with Crippen LogP contribution >= 0.6 is 0 Å². The number of hydrogen-bond acceptors (Lipinski definition) is 1. The molecule has 0 atom stereocenters. The van der Waals surface area contributed by atoms with E-state index in [0.717, 1.165) is 13.2 Å². The molecule has 13 heavy (non-hydrogen) atoms. The van der Waals surface area contributed by atoms with Gasteiger partial charge in [0.1, 0.15) is 11.5 Å². The highest BCUT2D eigenvalue weighted by molar-refractivity contribution is 7.95. The molecule has 0 radical (unpaired) electrons. The van der Waals surface area contributed by atoms with Gasteiger partial charge in [0.05, 0.1) is 38.2 Å². The normalized spacial score (nSPS) is 9.69. The molecule has 0 aromatic rings. The lowest BCUT2D eigenvalue weighted by Gasteiger charge is -2.00. The molecule has 0 amide bonds. The summed E-state index contributed by atoms with van der Waals surface area (Å²) in [6.45, 7) is 1.90. The largest absolute Gasteiger partial charge is 1.00 e. The fourth-order valence-electron chi connectivity index (χ4n) is 0.553. The molecule has 84 valence electrons. The van der Waals surface area contributed by atoms with Gasteiger partial charge in [-0.05, 0) is 21.8 Å². The minimum absolute atomic E-state index is 0. The maximum Gasteiger partial charge on any atom is 0.130 e. The maximum absolute atomic E-state index is 5.47. The highest BCUT2D eigenvalue weighted by Gasteiger charge is 2.04. The van der Waals surface area contributed by atoms with E-state index in [9.17, 15) is 0 Å². The first-order chi connectivity index (χ1) is 5.13. The van der Waals surface area contributed by atoms with Gasteiger partial charge in [0.15, 0.2) is 0 Å². The van der Waals surface area contributed by atoms with Gasteiger partial charge in [-0.2, -0.15) is 0 Å². The van der Waals surface area contributed by atoms with Crippen LogP contribution in [-0.4, -0.2) is 49.7 Å². The first-order valence-corrected chi connectivity index (χ1v) is 8.21. The lowest BCUT2D eigenvalue weighted by molar-refractivity contribution is -0.001000. The lowest BCUT2D eigenvalue weighted by Crippen LogP contribution is -3.00. The average molecular weight is 356 g/mol. The van der Waals surface area contributed by atoms with Gasteiger partial charge in [-0.3, -0.25) is 0 Å². The predicted molar refractivity (Wildman–Crippen MR) is 59.0 cm³/mol. The summed E-state index contributed by atoms with van der Waals surface area (Å²) in [4.78, 5) is 0. The molecule has 0 aliphatic rings. The summed E-state index contributed by atoms with van der Waals surface area (Å²) < 4.78 is 5.47. The quantitative estimate of drug-likeness (QED) is 0.342. The monoisotopic (exact) mass is 354 g/mol. The Morgan fingerprint density at radius 1 is 0.769 bits per heavy atom. The van der Waals surface area contributed by atoms with Gasteiger partial charge >= 0.3 is 0 Å². The lowest BCUT2D eigenvalue weighted by atomic mass is 10.8. The van der Waals surface area contributed by atoms with Crippen LogP contribution in [0.5, 0.6) is 0 Å². The van der Waals surface area contributed by atoms with Gasteiger partial charge in [0, 0.05) is 0 Å². The van der Waals surface area contributed by atoms with E-state index in [2.05, 4.69) is 25.0 Å². The van der Waals surface area contributed by atoms with Crippen LogP contribution < -0.4 is 34.0 Å². The van der Waals surface area contributed by atoms with Gasteiger partial charge in [0.25, 0.3) is 0 Å². The van der Waals surface area contributed by atoms with E-state index < -0.39 is 0 Å². The van der Waals surface area contributed by atoms with Crippen LogP contribution in [0.25, 0.3) is 0 Å². The fraction of sp³-hybridized carbons (Fsp3) is 1.00. The van der Waals surface area contributed by atoms with Crippen LogP contribution in [0.2, 0.25) is 0 Å². The van der Waals surface area contributed by atoms with Crippen LogP contribution in [0, 0.1) is 0 Å². The Morgan fingerprint density at radius 3 is 1.31 bits per heavy atom. The second-order valence-electron chi connectivity index (χ2n) is 2.99. The van der Waals surface area contributed by atoms with Crippen molar-refractivity contribution >= 4 is 21.8 Å². The molecule has 0 fully saturated rings. The molecule has 0 N–H and O–H groups in total. The van der Waals surface area contributed by atoms with Crippen molar-refractivity contribution in [2.24, 2.45) is 0 Å². The third-order valence-electron chi connectivity index (χ3n) is 1.27. The van der Waals surface area contributed by atoms with Crippen molar-refractivity contribution in [3.05, 3.63) is 0 Å². The minimum Gasteiger partial charge on any atom is -1.00 e. The van der Waals surface area contributed by atoms with Crippen molar-refractivity contribution in [2.45, 2.75) is 0 Å². The van der Waals surface area contributed by atoms with Gasteiger partial charge in [0.2, 0.25) is 0 Å². The summed E-state index contributed by atoms with van der Waals surface area (Å²) >= 11 is 0. The second kappa shape index (κ2) is 13.6. The summed E-state index contributed by atoms with van der Waals surface area (Å²) in [6, 6.07) is 0. The van der Waals surface area contributed by atoms with Gasteiger partial charge in [-0.25, -0.2) is 0 Å². The van der Waals surface area contributed by atoms with Crippen molar-refractivity contribution < 1.29 is 38.7 Å². The van der Waals surface area contributed by atoms with Crippen LogP contribution in [0.1, 0.15) is 0 Å². The molecule has 0 aliphatic carbocycles. The van der Waals surface area contributed by atoms with E-state index in [1.54, 1.807) is 0 Å². The minimum atomic E-state index is 0. The smallest absolute Gasteiger partial charge is 0.130 e. The van der Waals surface area contributed by atoms with E-state index in [1.807, 2.05) is 0 Å². The standard InChI is InChI=1S/C8H20OS2.2BrH/c1-10(2)7-5-9-6-8-11(3)4;;/h5-8H2,1-4H3;2*1H/q+2;;/p-2. The molecule has 1 nitrogen and oxygen atoms in total. The summed E-state index contributed by atoms with van der Waals surface area (Å²) in [7, 11) is 1.10. The highest BCUT2D eigenvalue weighted by Crippen LogP contribution is 1.87. The van der Waals surface area contributed by atoms with Gasteiger partial charge in [-0.1, -0.05) is 0 Å². The maximum atomic E-state index is 5.47. The summed E-state index contributed by atoms with van der Waals surface area (Å²) in [5.74, 6) is 2.45. The highest BCUT2D eigenvalue weighted by atomic mass is 79.9. The van der Waals surface area contributed by atoms with E-state index in [4.69, 9.17) is 4.74 Å². The SMILES string of the molecule is C[S+](C)CCOCC[S+](C)C.[Br-].[Br-]. The number of halogens is 2. The van der Waals surface area contributed by atoms with Crippen LogP contribution in [0.3, 0.4) is 0 Å². The number of ether oxygens (including phenoxy) is 1. The average Bonchev–Trinajstić information content (AvgIpc) is 1.85. The molecule has 0 heterocycles. The number of rotatable bonds is 6. The first kappa shape index (κ1) is 20.1. The van der Waals surface area contributed by atoms with E-state index in [1.165, 1.54) is 11.5 Å². The zero-order valence-electron chi connectivity index (χ0n) is 8.81. The third-order valence-corrected chi connectivity index (χ3v) is 3.24. The molecule has 0 spiro atoms. The third kappa shape index (κ3) is 19.9. The molecule has 0 aromatic heterocycles. The Labute approximate surface area is 110 Å². The Bertz CT molecular complexity index is 82.2. The molecule has 5 heteroatoms. The zero-order chi connectivity index (χ0) is 8.69. The van der Waals surface area contributed by atoms with Crippen molar-refractivity contribution in [3.8, 4) is 0 Å². The summed E-state index contributed by atoms with van der Waals surface area (Å²) in [5.41, 5.74) is 0. The topological polar surface area (TPSA) is 9.23 Å². The van der Waals surface area contributed by atoms with Crippen molar-refractivity contribution in [3.63, 3.8) is 0 Å². The van der Waals surface area contributed by atoms with Crippen molar-refractivity contribution in [2.75, 3.05) is 49.7 Å². The summed E-state index contributed by atoms with van der Waals surface area (Å²) in [5, 5.41) is 0. The van der Waals surface area contributed by atoms with Crippen LogP contribution in [0.15, 0.2) is 0 Å². The molecule has 0 rings (SSSR count). The molecule has 0 saturated heterocycles. The molecular formula is C8H20Br2OS2. The fourth-order valence-corrected chi connectivity index (χ4v) is 1.46. The van der Waals surface area contributed by atoms with Crippen LogP contribution in [-0.2, 0) is 26.5 Å². The molecular weight excluding hydrogens is 336 g/mol. The summed E-state index contributed by atoms with van der Waals surface area (Å²) in [6.07, 6.45) is 9.03. The molecule has 0 aromatic carbocycles. The number of hydrogen-bond donors (Lipinski definition) is 0. The molecule has 0 unspecified atom stereocenters. The molecule has 0 aliphatic heterocycles. The predicted octanol–water partition coefficient (Wildman–Crippen LogP) is -5.23. The van der Waals surface area contributed by atoms with Crippen molar-refractivity contribution in [1.82, 2.24) is 0 Å². The van der Waals surface area contributed by atoms with Crippen LogP contribution in [0.4, 0.5) is 0 Å². The van der Waals surface area contributed by atoms with E-state index in [-0.39, 0.29) is 34.0 Å². The zero-order valence-corrected chi connectivity index (χ0v) is 13.6. The molecule has 0 saturated carbocycles. The Hall–Kier alpha value is 1.62. The Morgan fingerprint density at radius 2 is 1.08 bits per heavy atom. The Balaban J connectivity index is -0.000000500.